The highest BCUT2D eigenvalue weighted by Crippen LogP contribution is 2.33. The van der Waals surface area contributed by atoms with Gasteiger partial charge < -0.3 is 15.2 Å². The van der Waals surface area contributed by atoms with E-state index in [4.69, 9.17) is 15.2 Å². The third kappa shape index (κ3) is 2.85. The van der Waals surface area contributed by atoms with E-state index >= 15 is 0 Å². The average molecular weight is 272 g/mol. The number of aryl methyl sites for hydroxylation is 1. The Morgan fingerprint density at radius 1 is 1.25 bits per heavy atom. The first-order valence-corrected chi connectivity index (χ1v) is 5.98. The van der Waals surface area contributed by atoms with Gasteiger partial charge in [-0.2, -0.15) is 0 Å². The fourth-order valence-electron chi connectivity index (χ4n) is 1.61. The van der Waals surface area contributed by atoms with Crippen LogP contribution in [0.15, 0.2) is 25.0 Å². The van der Waals surface area contributed by atoms with E-state index in [0.717, 1.165) is 11.1 Å². The molecule has 0 saturated carbocycles. The van der Waals surface area contributed by atoms with E-state index in [9.17, 15) is 0 Å². The van der Waals surface area contributed by atoms with Gasteiger partial charge in [-0.15, -0.1) is 0 Å². The summed E-state index contributed by atoms with van der Waals surface area (Å²) in [6.07, 6.45) is 3.18. The Hall–Kier alpha value is -2.63. The second kappa shape index (κ2) is 5.56. The van der Waals surface area contributed by atoms with Crippen LogP contribution in [-0.2, 0) is 0 Å². The summed E-state index contributed by atoms with van der Waals surface area (Å²) < 4.78 is 10.9. The van der Waals surface area contributed by atoms with E-state index < -0.39 is 0 Å². The highest BCUT2D eigenvalue weighted by molar-refractivity contribution is 5.67. The number of hydrogen-bond acceptors (Lipinski definition) is 6. The van der Waals surface area contributed by atoms with Gasteiger partial charge in [0.25, 0.3) is 0 Å². The van der Waals surface area contributed by atoms with Crippen LogP contribution in [0.2, 0.25) is 0 Å². The molecule has 2 aromatic heterocycles. The molecule has 2 heterocycles. The molecular formula is C14H16N4O2. The van der Waals surface area contributed by atoms with E-state index in [1.165, 1.54) is 13.3 Å². The minimum absolute atomic E-state index is 0.279. The Morgan fingerprint density at radius 3 is 2.60 bits per heavy atom. The number of allylic oxidation sites excluding steroid dienone is 1. The van der Waals surface area contributed by atoms with Gasteiger partial charge in [-0.05, 0) is 19.4 Å². The van der Waals surface area contributed by atoms with Crippen molar-refractivity contribution in [1.82, 2.24) is 15.0 Å². The van der Waals surface area contributed by atoms with Gasteiger partial charge in [0.15, 0.2) is 11.6 Å². The van der Waals surface area contributed by atoms with Crippen molar-refractivity contribution in [1.29, 1.82) is 0 Å². The maximum Gasteiger partial charge on any atom is 0.216 e. The largest absolute Gasteiger partial charge is 0.481 e. The SMILES string of the molecule is C=C(C)c1cnc(OC)cc1Oc1cnc(C)nc1N. The normalized spacial score (nSPS) is 10.2. The molecule has 0 radical (unpaired) electrons. The molecule has 0 spiro atoms. The first-order chi connectivity index (χ1) is 9.51. The molecule has 0 aliphatic rings. The highest BCUT2D eigenvalue weighted by atomic mass is 16.5. The third-order valence-corrected chi connectivity index (χ3v) is 2.63. The Morgan fingerprint density at radius 2 is 2.00 bits per heavy atom. The van der Waals surface area contributed by atoms with Crippen molar-refractivity contribution in [3.05, 3.63) is 36.4 Å². The molecule has 0 aliphatic heterocycles. The Bertz CT molecular complexity index is 656. The highest BCUT2D eigenvalue weighted by Gasteiger charge is 2.11. The minimum atomic E-state index is 0.279. The summed E-state index contributed by atoms with van der Waals surface area (Å²) in [5.41, 5.74) is 7.41. The van der Waals surface area contributed by atoms with Gasteiger partial charge in [-0.25, -0.2) is 15.0 Å². The third-order valence-electron chi connectivity index (χ3n) is 2.63. The molecule has 0 aromatic carbocycles. The maximum atomic E-state index is 5.82. The summed E-state index contributed by atoms with van der Waals surface area (Å²) in [5.74, 6) is 2.23. The first kappa shape index (κ1) is 13.8. The smallest absolute Gasteiger partial charge is 0.216 e. The minimum Gasteiger partial charge on any atom is -0.481 e. The van der Waals surface area contributed by atoms with Crippen LogP contribution < -0.4 is 15.2 Å². The molecule has 104 valence electrons. The molecule has 0 saturated heterocycles. The van der Waals surface area contributed by atoms with Gasteiger partial charge in [0.2, 0.25) is 5.88 Å². The van der Waals surface area contributed by atoms with Crippen molar-refractivity contribution in [3.63, 3.8) is 0 Å². The van der Waals surface area contributed by atoms with Crippen molar-refractivity contribution in [2.75, 3.05) is 12.8 Å². The standard InChI is InChI=1S/C14H16N4O2/c1-8(2)10-6-17-13(19-4)5-11(10)20-12-7-16-9(3)18-14(12)15/h5-7H,1H2,2-4H3,(H2,15,16,18). The molecule has 6 heteroatoms. The van der Waals surface area contributed by atoms with E-state index in [1.54, 1.807) is 19.2 Å². The van der Waals surface area contributed by atoms with Crippen LogP contribution >= 0.6 is 0 Å². The lowest BCUT2D eigenvalue weighted by atomic mass is 10.1. The molecular weight excluding hydrogens is 256 g/mol. The van der Waals surface area contributed by atoms with Gasteiger partial charge >= 0.3 is 0 Å². The molecule has 0 fully saturated rings. The predicted molar refractivity (Wildman–Crippen MR) is 76.8 cm³/mol. The maximum absolute atomic E-state index is 5.82. The van der Waals surface area contributed by atoms with Crippen LogP contribution in [-0.4, -0.2) is 22.1 Å². The number of methoxy groups -OCH3 is 1. The van der Waals surface area contributed by atoms with E-state index in [-0.39, 0.29) is 5.82 Å². The van der Waals surface area contributed by atoms with Crippen molar-refractivity contribution >= 4 is 11.4 Å². The zero-order valence-electron chi connectivity index (χ0n) is 11.7. The van der Waals surface area contributed by atoms with Crippen LogP contribution in [0.25, 0.3) is 5.57 Å². The lowest BCUT2D eigenvalue weighted by molar-refractivity contribution is 0.392. The second-order valence-corrected chi connectivity index (χ2v) is 4.27. The van der Waals surface area contributed by atoms with Gasteiger partial charge in [0, 0.05) is 17.8 Å². The number of nitrogens with zero attached hydrogens (tertiary/aromatic N) is 3. The number of rotatable bonds is 4. The Balaban J connectivity index is 2.43. The lowest BCUT2D eigenvalue weighted by Crippen LogP contribution is -2.00. The topological polar surface area (TPSA) is 83.2 Å². The zero-order valence-corrected chi connectivity index (χ0v) is 11.7. The van der Waals surface area contributed by atoms with Crippen molar-refractivity contribution < 1.29 is 9.47 Å². The summed E-state index contributed by atoms with van der Waals surface area (Å²) in [7, 11) is 1.54. The lowest BCUT2D eigenvalue weighted by Gasteiger charge is -2.12. The van der Waals surface area contributed by atoms with Crippen molar-refractivity contribution in [2.24, 2.45) is 0 Å². The zero-order chi connectivity index (χ0) is 14.7. The summed E-state index contributed by atoms with van der Waals surface area (Å²) >= 11 is 0. The van der Waals surface area contributed by atoms with Crippen molar-refractivity contribution in [2.45, 2.75) is 13.8 Å². The van der Waals surface area contributed by atoms with Crippen LogP contribution in [0.4, 0.5) is 5.82 Å². The summed E-state index contributed by atoms with van der Waals surface area (Å²) in [6.45, 7) is 7.52. The summed E-state index contributed by atoms with van der Waals surface area (Å²) in [5, 5.41) is 0. The predicted octanol–water partition coefficient (Wildman–Crippen LogP) is 2.60. The van der Waals surface area contributed by atoms with Crippen LogP contribution in [0, 0.1) is 6.92 Å². The summed E-state index contributed by atoms with van der Waals surface area (Å²) in [4.78, 5) is 12.3. The van der Waals surface area contributed by atoms with E-state index in [1.807, 2.05) is 6.92 Å². The number of anilines is 1. The molecule has 2 aromatic rings. The molecule has 0 unspecified atom stereocenters. The number of aromatic nitrogens is 3. The number of nitrogen functional groups attached to an aromatic ring is 1. The van der Waals surface area contributed by atoms with Gasteiger partial charge in [-0.3, -0.25) is 0 Å². The quantitative estimate of drug-likeness (QED) is 0.921. The fraction of sp³-hybridized carbons (Fsp3) is 0.214. The van der Waals surface area contributed by atoms with Gasteiger partial charge in [-0.1, -0.05) is 6.58 Å². The molecule has 6 nitrogen and oxygen atoms in total. The molecule has 0 atom stereocenters. The van der Waals surface area contributed by atoms with Crippen molar-refractivity contribution in [3.8, 4) is 17.4 Å². The van der Waals surface area contributed by atoms with Crippen LogP contribution in [0.5, 0.6) is 17.4 Å². The number of hydrogen-bond donors (Lipinski definition) is 1. The Kier molecular flexibility index (Phi) is 3.84. The van der Waals surface area contributed by atoms with E-state index in [2.05, 4.69) is 21.5 Å². The molecule has 2 N–H and O–H groups in total. The second-order valence-electron chi connectivity index (χ2n) is 4.27. The molecule has 0 bridgehead atoms. The van der Waals surface area contributed by atoms with E-state index in [0.29, 0.717) is 23.2 Å². The molecule has 20 heavy (non-hydrogen) atoms. The number of ether oxygens (including phenoxy) is 2. The van der Waals surface area contributed by atoms with Gasteiger partial charge in [0.05, 0.1) is 13.3 Å². The first-order valence-electron chi connectivity index (χ1n) is 5.98. The number of nitrogens with two attached hydrogens (primary N) is 1. The molecule has 0 amide bonds. The Labute approximate surface area is 117 Å². The van der Waals surface area contributed by atoms with Crippen LogP contribution in [0.1, 0.15) is 18.3 Å². The summed E-state index contributed by atoms with van der Waals surface area (Å²) in [6, 6.07) is 1.67. The number of pyridine rings is 1. The van der Waals surface area contributed by atoms with Crippen LogP contribution in [0.3, 0.4) is 0 Å². The average Bonchev–Trinajstić information content (AvgIpc) is 2.41. The molecule has 0 aliphatic carbocycles. The molecule has 2 rings (SSSR count). The fourth-order valence-corrected chi connectivity index (χ4v) is 1.61. The monoisotopic (exact) mass is 272 g/mol. The van der Waals surface area contributed by atoms with Gasteiger partial charge in [0.1, 0.15) is 11.6 Å².